The molecule has 0 aliphatic carbocycles. The number of nitrogens with zero attached hydrogens (tertiary/aromatic N) is 1. The fraction of sp³-hybridized carbons (Fsp3) is 0.600. The molecule has 0 bridgehead atoms. The molecule has 5 nitrogen and oxygen atoms in total. The summed E-state index contributed by atoms with van der Waals surface area (Å²) < 4.78 is 26.7. The van der Waals surface area contributed by atoms with Crippen molar-refractivity contribution in [1.29, 1.82) is 0 Å². The Bertz CT molecular complexity index is 547. The first-order valence-corrected chi connectivity index (χ1v) is 8.81. The van der Waals surface area contributed by atoms with Crippen LogP contribution >= 0.6 is 0 Å². The monoisotopic (exact) mass is 312 g/mol. The Morgan fingerprint density at radius 2 is 1.86 bits per heavy atom. The van der Waals surface area contributed by atoms with E-state index in [1.54, 1.807) is 19.1 Å². The number of hydrogen-bond acceptors (Lipinski definition) is 4. The highest BCUT2D eigenvalue weighted by atomic mass is 32.2. The van der Waals surface area contributed by atoms with E-state index in [0.717, 1.165) is 12.1 Å². The third kappa shape index (κ3) is 3.83. The molecule has 2 N–H and O–H groups in total. The van der Waals surface area contributed by atoms with Crippen LogP contribution in [0.4, 0.5) is 0 Å². The van der Waals surface area contributed by atoms with Crippen LogP contribution in [0.5, 0.6) is 0 Å². The lowest BCUT2D eigenvalue weighted by atomic mass is 9.93. The molecular formula is C15H24N2O3S. The predicted molar refractivity (Wildman–Crippen MR) is 82.4 cm³/mol. The summed E-state index contributed by atoms with van der Waals surface area (Å²) in [7, 11) is -1.55. The maximum absolute atomic E-state index is 12.6. The fourth-order valence-corrected chi connectivity index (χ4v) is 4.20. The van der Waals surface area contributed by atoms with Crippen molar-refractivity contribution >= 4 is 10.0 Å². The van der Waals surface area contributed by atoms with Crippen LogP contribution in [0.15, 0.2) is 29.2 Å². The molecular weight excluding hydrogens is 288 g/mol. The van der Waals surface area contributed by atoms with Gasteiger partial charge in [-0.05, 0) is 50.4 Å². The first-order chi connectivity index (χ1) is 9.95. The van der Waals surface area contributed by atoms with Gasteiger partial charge in [-0.3, -0.25) is 0 Å². The van der Waals surface area contributed by atoms with Crippen LogP contribution < -0.4 is 5.32 Å². The van der Waals surface area contributed by atoms with Gasteiger partial charge in [0.05, 0.1) is 11.0 Å². The van der Waals surface area contributed by atoms with Crippen molar-refractivity contribution in [3.63, 3.8) is 0 Å². The summed E-state index contributed by atoms with van der Waals surface area (Å²) in [5.74, 6) is 0.203. The molecule has 2 rings (SSSR count). The number of aliphatic hydroxyl groups is 1. The summed E-state index contributed by atoms with van der Waals surface area (Å²) in [5.41, 5.74) is 1.06. The molecule has 1 aromatic rings. The topological polar surface area (TPSA) is 69.6 Å². The van der Waals surface area contributed by atoms with Gasteiger partial charge in [0.25, 0.3) is 0 Å². The summed E-state index contributed by atoms with van der Waals surface area (Å²) in [5, 5.41) is 12.6. The second-order valence-electron chi connectivity index (χ2n) is 5.66. The van der Waals surface area contributed by atoms with E-state index in [1.165, 1.54) is 4.31 Å². The van der Waals surface area contributed by atoms with E-state index >= 15 is 0 Å². The van der Waals surface area contributed by atoms with E-state index in [2.05, 4.69) is 5.32 Å². The lowest BCUT2D eigenvalue weighted by Gasteiger charge is -2.32. The number of hydrogen-bond donors (Lipinski definition) is 2. The van der Waals surface area contributed by atoms with Gasteiger partial charge in [0.1, 0.15) is 0 Å². The molecule has 0 amide bonds. The number of piperidine rings is 1. The molecule has 118 valence electrons. The molecule has 1 heterocycles. The van der Waals surface area contributed by atoms with Crippen LogP contribution in [-0.2, 0) is 16.6 Å². The highest BCUT2D eigenvalue weighted by Crippen LogP contribution is 2.25. The molecule has 1 saturated heterocycles. The van der Waals surface area contributed by atoms with E-state index in [-0.39, 0.29) is 12.0 Å². The average molecular weight is 312 g/mol. The van der Waals surface area contributed by atoms with Crippen molar-refractivity contribution in [2.45, 2.75) is 37.3 Å². The summed E-state index contributed by atoms with van der Waals surface area (Å²) >= 11 is 0. The number of rotatable bonds is 5. The largest absolute Gasteiger partial charge is 0.393 e. The normalized spacial score (nSPS) is 19.6. The zero-order valence-electron chi connectivity index (χ0n) is 12.6. The maximum Gasteiger partial charge on any atom is 0.243 e. The van der Waals surface area contributed by atoms with Gasteiger partial charge in [-0.2, -0.15) is 4.31 Å². The second kappa shape index (κ2) is 6.87. The number of sulfonamides is 1. The summed E-state index contributed by atoms with van der Waals surface area (Å²) in [4.78, 5) is 0.345. The van der Waals surface area contributed by atoms with Crippen LogP contribution in [0, 0.1) is 5.92 Å². The molecule has 1 aliphatic heterocycles. The lowest BCUT2D eigenvalue weighted by molar-refractivity contribution is 0.0912. The predicted octanol–water partition coefficient (Wildman–Crippen LogP) is 1.19. The Morgan fingerprint density at radius 1 is 1.29 bits per heavy atom. The smallest absolute Gasteiger partial charge is 0.243 e. The van der Waals surface area contributed by atoms with Gasteiger partial charge in [0.2, 0.25) is 10.0 Å². The molecule has 1 fully saturated rings. The maximum atomic E-state index is 12.6. The first kappa shape index (κ1) is 16.4. The molecule has 1 aromatic carbocycles. The highest BCUT2D eigenvalue weighted by molar-refractivity contribution is 7.89. The Kier molecular flexibility index (Phi) is 5.37. The van der Waals surface area contributed by atoms with Gasteiger partial charge >= 0.3 is 0 Å². The van der Waals surface area contributed by atoms with Gasteiger partial charge in [0, 0.05) is 19.6 Å². The molecule has 0 radical (unpaired) electrons. The van der Waals surface area contributed by atoms with Crippen LogP contribution in [0.2, 0.25) is 0 Å². The minimum atomic E-state index is -3.41. The molecule has 6 heteroatoms. The van der Waals surface area contributed by atoms with E-state index < -0.39 is 10.0 Å². The minimum absolute atomic E-state index is 0.203. The number of nitrogens with one attached hydrogen (secondary N) is 1. The summed E-state index contributed by atoms with van der Waals surface area (Å²) in [6.07, 6.45) is 1.07. The SMILES string of the molecule is CNCc1ccc(S(=O)(=O)N2CCC(C(C)O)CC2)cc1. The fourth-order valence-electron chi connectivity index (χ4n) is 2.73. The third-order valence-electron chi connectivity index (χ3n) is 4.12. The first-order valence-electron chi connectivity index (χ1n) is 7.37. The number of aliphatic hydroxyl groups excluding tert-OH is 1. The van der Waals surface area contributed by atoms with Crippen molar-refractivity contribution in [1.82, 2.24) is 9.62 Å². The Hall–Kier alpha value is -0.950. The van der Waals surface area contributed by atoms with Gasteiger partial charge < -0.3 is 10.4 Å². The van der Waals surface area contributed by atoms with E-state index in [1.807, 2.05) is 19.2 Å². The van der Waals surface area contributed by atoms with E-state index in [9.17, 15) is 13.5 Å². The summed E-state index contributed by atoms with van der Waals surface area (Å²) in [6, 6.07) is 7.02. The zero-order chi connectivity index (χ0) is 15.5. The van der Waals surface area contributed by atoms with Crippen molar-refractivity contribution in [3.8, 4) is 0 Å². The standard InChI is InChI=1S/C15H24N2O3S/c1-12(18)14-7-9-17(10-8-14)21(19,20)15-5-3-13(4-6-15)11-16-2/h3-6,12,14,16,18H,7-11H2,1-2H3. The quantitative estimate of drug-likeness (QED) is 0.857. The average Bonchev–Trinajstić information content (AvgIpc) is 2.48. The molecule has 1 atom stereocenters. The van der Waals surface area contributed by atoms with Gasteiger partial charge in [-0.1, -0.05) is 12.1 Å². The summed E-state index contributed by atoms with van der Waals surface area (Å²) in [6.45, 7) is 3.46. The molecule has 1 aliphatic rings. The Labute approximate surface area is 127 Å². The Balaban J connectivity index is 2.08. The molecule has 1 unspecified atom stereocenters. The van der Waals surface area contributed by atoms with Crippen molar-refractivity contribution < 1.29 is 13.5 Å². The minimum Gasteiger partial charge on any atom is -0.393 e. The molecule has 0 aromatic heterocycles. The van der Waals surface area contributed by atoms with Crippen molar-refractivity contribution in [2.75, 3.05) is 20.1 Å². The van der Waals surface area contributed by atoms with Crippen molar-refractivity contribution in [2.24, 2.45) is 5.92 Å². The number of benzene rings is 1. The third-order valence-corrected chi connectivity index (χ3v) is 6.04. The van der Waals surface area contributed by atoms with E-state index in [0.29, 0.717) is 30.8 Å². The van der Waals surface area contributed by atoms with Gasteiger partial charge in [-0.25, -0.2) is 8.42 Å². The van der Waals surface area contributed by atoms with E-state index in [4.69, 9.17) is 0 Å². The van der Waals surface area contributed by atoms with Crippen LogP contribution in [0.3, 0.4) is 0 Å². The molecule has 0 saturated carbocycles. The van der Waals surface area contributed by atoms with Gasteiger partial charge in [0.15, 0.2) is 0 Å². The van der Waals surface area contributed by atoms with Crippen molar-refractivity contribution in [3.05, 3.63) is 29.8 Å². The van der Waals surface area contributed by atoms with Crippen LogP contribution in [-0.4, -0.2) is 44.1 Å². The molecule has 21 heavy (non-hydrogen) atoms. The lowest BCUT2D eigenvalue weighted by Crippen LogP contribution is -2.40. The van der Waals surface area contributed by atoms with Crippen LogP contribution in [0.1, 0.15) is 25.3 Å². The Morgan fingerprint density at radius 3 is 2.33 bits per heavy atom. The van der Waals surface area contributed by atoms with Crippen LogP contribution in [0.25, 0.3) is 0 Å². The van der Waals surface area contributed by atoms with Gasteiger partial charge in [-0.15, -0.1) is 0 Å². The highest BCUT2D eigenvalue weighted by Gasteiger charge is 2.30. The second-order valence-corrected chi connectivity index (χ2v) is 7.59. The molecule has 0 spiro atoms. The zero-order valence-corrected chi connectivity index (χ0v) is 13.4.